The van der Waals surface area contributed by atoms with Gasteiger partial charge in [-0.3, -0.25) is 9.59 Å². The highest BCUT2D eigenvalue weighted by Crippen LogP contribution is 2.31. The molecule has 0 unspecified atom stereocenters. The zero-order chi connectivity index (χ0) is 18.8. The molecule has 134 valence electrons. The summed E-state index contributed by atoms with van der Waals surface area (Å²) in [4.78, 5) is 24.8. The molecule has 0 saturated carbocycles. The van der Waals surface area contributed by atoms with E-state index in [0.717, 1.165) is 0 Å². The Morgan fingerprint density at radius 3 is 2.65 bits per heavy atom. The molecule has 0 amide bonds. The van der Waals surface area contributed by atoms with Crippen molar-refractivity contribution in [1.29, 1.82) is 0 Å². The number of aromatic nitrogens is 1. The number of esters is 1. The molecule has 0 bridgehead atoms. The van der Waals surface area contributed by atoms with Crippen molar-refractivity contribution in [2.75, 3.05) is 14.2 Å². The maximum atomic E-state index is 13.0. The second kappa shape index (κ2) is 7.09. The second-order valence-corrected chi connectivity index (χ2v) is 6.06. The van der Waals surface area contributed by atoms with Gasteiger partial charge in [-0.1, -0.05) is 23.7 Å². The number of halogens is 1. The van der Waals surface area contributed by atoms with E-state index in [1.54, 1.807) is 41.1 Å². The van der Waals surface area contributed by atoms with Crippen LogP contribution >= 0.6 is 11.6 Å². The Hall–Kier alpha value is -2.99. The van der Waals surface area contributed by atoms with E-state index >= 15 is 0 Å². The maximum Gasteiger partial charge on any atom is 0.325 e. The number of hydrogen-bond acceptors (Lipinski definition) is 5. The Morgan fingerprint density at radius 2 is 2.00 bits per heavy atom. The first kappa shape index (κ1) is 17.8. The number of phenols is 1. The van der Waals surface area contributed by atoms with Gasteiger partial charge in [-0.15, -0.1) is 0 Å². The van der Waals surface area contributed by atoms with Crippen LogP contribution in [0.25, 0.3) is 22.0 Å². The number of methoxy groups -OCH3 is 2. The molecular formula is C19H16ClNO5. The molecule has 1 heterocycles. The van der Waals surface area contributed by atoms with Crippen molar-refractivity contribution < 1.29 is 19.4 Å². The Morgan fingerprint density at radius 1 is 1.23 bits per heavy atom. The Labute approximate surface area is 154 Å². The summed E-state index contributed by atoms with van der Waals surface area (Å²) in [5.74, 6) is -0.357. The number of rotatable bonds is 4. The number of fused-ring (bicyclic) bond motifs is 1. The Kier molecular flexibility index (Phi) is 4.86. The van der Waals surface area contributed by atoms with Crippen molar-refractivity contribution in [3.8, 4) is 22.6 Å². The Balaban J connectivity index is 2.37. The lowest BCUT2D eigenvalue weighted by Crippen LogP contribution is -2.17. The molecule has 0 atom stereocenters. The summed E-state index contributed by atoms with van der Waals surface area (Å²) < 4.78 is 11.4. The summed E-state index contributed by atoms with van der Waals surface area (Å²) in [5, 5.41) is 10.9. The van der Waals surface area contributed by atoms with Crippen molar-refractivity contribution >= 4 is 28.5 Å². The monoisotopic (exact) mass is 373 g/mol. The van der Waals surface area contributed by atoms with Crippen LogP contribution in [0.2, 0.25) is 5.02 Å². The summed E-state index contributed by atoms with van der Waals surface area (Å²) in [7, 11) is 2.73. The van der Waals surface area contributed by atoms with Gasteiger partial charge in [0.1, 0.15) is 18.0 Å². The molecule has 3 aromatic rings. The summed E-state index contributed by atoms with van der Waals surface area (Å²) in [6.45, 7) is -0.131. The van der Waals surface area contributed by atoms with Gasteiger partial charge in [0.2, 0.25) is 5.43 Å². The smallest absolute Gasteiger partial charge is 0.325 e. The average molecular weight is 374 g/mol. The quantitative estimate of drug-likeness (QED) is 0.710. The van der Waals surface area contributed by atoms with E-state index < -0.39 is 5.97 Å². The number of ether oxygens (including phenoxy) is 2. The van der Waals surface area contributed by atoms with Crippen LogP contribution < -0.4 is 10.2 Å². The van der Waals surface area contributed by atoms with E-state index in [1.807, 2.05) is 0 Å². The van der Waals surface area contributed by atoms with Crippen molar-refractivity contribution in [2.24, 2.45) is 0 Å². The molecule has 3 rings (SSSR count). The maximum absolute atomic E-state index is 13.0. The molecule has 0 spiro atoms. The van der Waals surface area contributed by atoms with E-state index in [4.69, 9.17) is 21.1 Å². The SMILES string of the molecule is COC(=O)Cn1cc(-c2cccc(Cl)c2)c(=O)c2c(O)cc(OC)cc21. The number of carbonyl (C=O) groups excluding carboxylic acids is 1. The molecule has 0 aliphatic heterocycles. The summed E-state index contributed by atoms with van der Waals surface area (Å²) in [5.41, 5.74) is 0.883. The van der Waals surface area contributed by atoms with Crippen LogP contribution in [-0.4, -0.2) is 29.9 Å². The van der Waals surface area contributed by atoms with Gasteiger partial charge in [-0.2, -0.15) is 0 Å². The lowest BCUT2D eigenvalue weighted by atomic mass is 10.0. The van der Waals surface area contributed by atoms with Crippen LogP contribution in [0.5, 0.6) is 11.5 Å². The molecule has 2 aromatic carbocycles. The fourth-order valence-corrected chi connectivity index (χ4v) is 2.97. The number of aromatic hydroxyl groups is 1. The minimum atomic E-state index is -0.491. The van der Waals surface area contributed by atoms with E-state index in [1.165, 1.54) is 20.3 Å². The van der Waals surface area contributed by atoms with Gasteiger partial charge in [0, 0.05) is 28.9 Å². The lowest BCUT2D eigenvalue weighted by molar-refractivity contribution is -0.141. The molecule has 0 aliphatic carbocycles. The molecule has 0 radical (unpaired) electrons. The summed E-state index contributed by atoms with van der Waals surface area (Å²) >= 11 is 6.03. The summed E-state index contributed by atoms with van der Waals surface area (Å²) in [6, 6.07) is 9.74. The van der Waals surface area contributed by atoms with Crippen molar-refractivity contribution in [3.05, 3.63) is 57.8 Å². The third kappa shape index (κ3) is 3.23. The first-order valence-corrected chi connectivity index (χ1v) is 8.09. The molecule has 7 heteroatoms. The average Bonchev–Trinajstić information content (AvgIpc) is 2.63. The van der Waals surface area contributed by atoms with Crippen LogP contribution in [0.3, 0.4) is 0 Å². The largest absolute Gasteiger partial charge is 0.507 e. The molecular weight excluding hydrogens is 358 g/mol. The van der Waals surface area contributed by atoms with Crippen LogP contribution in [-0.2, 0) is 16.1 Å². The van der Waals surface area contributed by atoms with Gasteiger partial charge >= 0.3 is 5.97 Å². The number of hydrogen-bond donors (Lipinski definition) is 1. The molecule has 0 aliphatic rings. The van der Waals surface area contributed by atoms with E-state index in [2.05, 4.69) is 0 Å². The highest BCUT2D eigenvalue weighted by atomic mass is 35.5. The van der Waals surface area contributed by atoms with Crippen LogP contribution in [0, 0.1) is 0 Å². The first-order valence-electron chi connectivity index (χ1n) is 7.71. The standard InChI is InChI=1S/C19H16ClNO5/c1-25-13-7-15-18(16(22)8-13)19(24)14(9-21(15)10-17(23)26-2)11-4-3-5-12(20)6-11/h3-9,22H,10H2,1-2H3. The zero-order valence-electron chi connectivity index (χ0n) is 14.2. The van der Waals surface area contributed by atoms with Gasteiger partial charge in [0.15, 0.2) is 0 Å². The van der Waals surface area contributed by atoms with Crippen LogP contribution in [0.4, 0.5) is 0 Å². The molecule has 0 saturated heterocycles. The predicted molar refractivity (Wildman–Crippen MR) is 98.9 cm³/mol. The molecule has 26 heavy (non-hydrogen) atoms. The van der Waals surface area contributed by atoms with Gasteiger partial charge < -0.3 is 19.1 Å². The van der Waals surface area contributed by atoms with E-state index in [0.29, 0.717) is 27.4 Å². The number of pyridine rings is 1. The Bertz CT molecular complexity index is 1060. The number of carbonyl (C=O) groups is 1. The minimum absolute atomic E-state index is 0.0900. The highest BCUT2D eigenvalue weighted by Gasteiger charge is 2.17. The fourth-order valence-electron chi connectivity index (χ4n) is 2.78. The number of nitrogens with zero attached hydrogens (tertiary/aromatic N) is 1. The van der Waals surface area contributed by atoms with Gasteiger partial charge in [0.05, 0.1) is 25.1 Å². The predicted octanol–water partition coefficient (Wildman–Crippen LogP) is 3.21. The summed E-state index contributed by atoms with van der Waals surface area (Å²) in [6.07, 6.45) is 1.55. The molecule has 6 nitrogen and oxygen atoms in total. The minimum Gasteiger partial charge on any atom is -0.507 e. The molecule has 0 fully saturated rings. The lowest BCUT2D eigenvalue weighted by Gasteiger charge is -2.15. The topological polar surface area (TPSA) is 77.8 Å². The molecule has 1 aromatic heterocycles. The second-order valence-electron chi connectivity index (χ2n) is 5.63. The van der Waals surface area contributed by atoms with Crippen LogP contribution in [0.1, 0.15) is 0 Å². The zero-order valence-corrected chi connectivity index (χ0v) is 14.9. The first-order chi connectivity index (χ1) is 12.4. The van der Waals surface area contributed by atoms with Crippen molar-refractivity contribution in [2.45, 2.75) is 6.54 Å². The third-order valence-corrected chi connectivity index (χ3v) is 4.27. The van der Waals surface area contributed by atoms with Crippen molar-refractivity contribution in [1.82, 2.24) is 4.57 Å². The van der Waals surface area contributed by atoms with E-state index in [9.17, 15) is 14.7 Å². The van der Waals surface area contributed by atoms with Gasteiger partial charge in [-0.05, 0) is 17.7 Å². The fraction of sp³-hybridized carbons (Fsp3) is 0.158. The number of phenolic OH excluding ortho intramolecular Hbond substituents is 1. The van der Waals surface area contributed by atoms with Gasteiger partial charge in [0.25, 0.3) is 0 Å². The molecule has 1 N–H and O–H groups in total. The van der Waals surface area contributed by atoms with Crippen LogP contribution in [0.15, 0.2) is 47.4 Å². The number of benzene rings is 2. The van der Waals surface area contributed by atoms with Crippen molar-refractivity contribution in [3.63, 3.8) is 0 Å². The normalized spacial score (nSPS) is 10.7. The highest BCUT2D eigenvalue weighted by molar-refractivity contribution is 6.30. The third-order valence-electron chi connectivity index (χ3n) is 4.03. The van der Waals surface area contributed by atoms with Gasteiger partial charge in [-0.25, -0.2) is 0 Å². The van der Waals surface area contributed by atoms with E-state index in [-0.39, 0.29) is 23.1 Å².